The molecule has 1 heterocycles. The normalized spacial score (nSPS) is 27.5. The van der Waals surface area contributed by atoms with Crippen molar-refractivity contribution < 1.29 is 13.7 Å². The molecule has 3 rings (SSSR count). The maximum atomic E-state index is 14.4. The summed E-state index contributed by atoms with van der Waals surface area (Å²) in [6.07, 6.45) is 1.80. The Labute approximate surface area is 135 Å². The summed E-state index contributed by atoms with van der Waals surface area (Å²) in [5.74, 6) is 0. The smallest absolute Gasteiger partial charge is 0.399 e. The standard InChI is InChI=1S/C17H25BFO2P/c1-14(2)15(3,4)21-18(20-14)13-8-6-12(7-9-13)17(10-11-17)16(5,19)22/h6-9H,10-11,22H2,1-5H3. The molecule has 2 aliphatic rings. The van der Waals surface area contributed by atoms with E-state index in [1.54, 1.807) is 6.92 Å². The van der Waals surface area contributed by atoms with E-state index < -0.39 is 5.41 Å². The van der Waals surface area contributed by atoms with Crippen LogP contribution in [-0.4, -0.2) is 23.7 Å². The highest BCUT2D eigenvalue weighted by molar-refractivity contribution is 7.18. The van der Waals surface area contributed by atoms with Gasteiger partial charge in [-0.3, -0.25) is 0 Å². The summed E-state index contributed by atoms with van der Waals surface area (Å²) in [5, 5.41) is -1.27. The van der Waals surface area contributed by atoms with E-state index in [2.05, 4.69) is 9.24 Å². The molecule has 0 aromatic heterocycles. The topological polar surface area (TPSA) is 18.5 Å². The number of alkyl halides is 1. The van der Waals surface area contributed by atoms with Crippen molar-refractivity contribution in [2.75, 3.05) is 0 Å². The van der Waals surface area contributed by atoms with E-state index in [4.69, 9.17) is 9.31 Å². The Hall–Kier alpha value is -0.435. The van der Waals surface area contributed by atoms with Crippen LogP contribution in [0.15, 0.2) is 24.3 Å². The first kappa shape index (κ1) is 16.4. The first-order valence-corrected chi connectivity index (χ1v) is 8.50. The number of hydrogen-bond donors (Lipinski definition) is 0. The Kier molecular flexibility index (Phi) is 3.57. The van der Waals surface area contributed by atoms with E-state index in [0.29, 0.717) is 0 Å². The molecule has 2 fully saturated rings. The monoisotopic (exact) mass is 322 g/mol. The SMILES string of the molecule is CC(F)(P)C1(c2ccc(B3OC(C)(C)C(C)(C)O3)cc2)CC1. The molecule has 0 spiro atoms. The fourth-order valence-corrected chi connectivity index (χ4v) is 3.58. The third-order valence-electron chi connectivity index (χ3n) is 5.67. The Morgan fingerprint density at radius 2 is 1.50 bits per heavy atom. The van der Waals surface area contributed by atoms with Gasteiger partial charge in [0.1, 0.15) is 5.41 Å². The van der Waals surface area contributed by atoms with Crippen LogP contribution >= 0.6 is 9.24 Å². The molecule has 0 bridgehead atoms. The lowest BCUT2D eigenvalue weighted by Crippen LogP contribution is -2.41. The highest BCUT2D eigenvalue weighted by Gasteiger charge is 2.57. The maximum Gasteiger partial charge on any atom is 0.494 e. The van der Waals surface area contributed by atoms with Crippen LogP contribution in [-0.2, 0) is 14.7 Å². The molecule has 1 aliphatic heterocycles. The predicted octanol–water partition coefficient (Wildman–Crippen LogP) is 3.58. The summed E-state index contributed by atoms with van der Waals surface area (Å²) in [6, 6.07) is 8.06. The number of rotatable bonds is 3. The summed E-state index contributed by atoms with van der Waals surface area (Å²) in [5.41, 5.74) is 1.03. The maximum absolute atomic E-state index is 14.4. The largest absolute Gasteiger partial charge is 0.494 e. The highest BCUT2D eigenvalue weighted by atomic mass is 31.0. The van der Waals surface area contributed by atoms with E-state index in [-0.39, 0.29) is 23.7 Å². The lowest BCUT2D eigenvalue weighted by Gasteiger charge is -2.32. The van der Waals surface area contributed by atoms with Crippen molar-refractivity contribution in [3.05, 3.63) is 29.8 Å². The van der Waals surface area contributed by atoms with E-state index in [1.165, 1.54) is 0 Å². The van der Waals surface area contributed by atoms with Crippen LogP contribution in [0.25, 0.3) is 0 Å². The minimum atomic E-state index is -1.27. The zero-order valence-electron chi connectivity index (χ0n) is 14.1. The van der Waals surface area contributed by atoms with Gasteiger partial charge in [0.05, 0.1) is 11.2 Å². The molecule has 2 unspecified atom stereocenters. The third kappa shape index (κ3) is 2.44. The van der Waals surface area contributed by atoms with Gasteiger partial charge in [0.2, 0.25) is 0 Å². The summed E-state index contributed by atoms with van der Waals surface area (Å²) >= 11 is 0. The molecule has 0 N–H and O–H groups in total. The first-order chi connectivity index (χ1) is 9.99. The van der Waals surface area contributed by atoms with Crippen LogP contribution in [0.5, 0.6) is 0 Å². The molecule has 1 saturated carbocycles. The van der Waals surface area contributed by atoms with Crippen molar-refractivity contribution in [2.24, 2.45) is 0 Å². The Morgan fingerprint density at radius 3 is 1.86 bits per heavy atom. The fraction of sp³-hybridized carbons (Fsp3) is 0.647. The zero-order valence-corrected chi connectivity index (χ0v) is 15.2. The van der Waals surface area contributed by atoms with Crippen molar-refractivity contribution in [2.45, 2.75) is 69.5 Å². The number of halogens is 1. The molecule has 120 valence electrons. The van der Waals surface area contributed by atoms with Gasteiger partial charge in [0.15, 0.2) is 0 Å². The van der Waals surface area contributed by atoms with E-state index in [9.17, 15) is 4.39 Å². The second kappa shape index (κ2) is 4.78. The van der Waals surface area contributed by atoms with Crippen LogP contribution in [0.4, 0.5) is 4.39 Å². The third-order valence-corrected chi connectivity index (χ3v) is 6.23. The van der Waals surface area contributed by atoms with Crippen LogP contribution in [0.2, 0.25) is 0 Å². The first-order valence-electron chi connectivity index (χ1n) is 7.92. The van der Waals surface area contributed by atoms with Gasteiger partial charge in [-0.1, -0.05) is 33.5 Å². The quantitative estimate of drug-likeness (QED) is 0.626. The van der Waals surface area contributed by atoms with Crippen LogP contribution < -0.4 is 5.46 Å². The Morgan fingerprint density at radius 1 is 1.05 bits per heavy atom. The Balaban J connectivity index is 1.82. The van der Waals surface area contributed by atoms with Crippen LogP contribution in [0.3, 0.4) is 0 Å². The minimum absolute atomic E-state index is 0.341. The summed E-state index contributed by atoms with van der Waals surface area (Å²) in [4.78, 5) is 0. The van der Waals surface area contributed by atoms with Crippen molar-refractivity contribution >= 4 is 21.8 Å². The van der Waals surface area contributed by atoms with Crippen molar-refractivity contribution in [1.82, 2.24) is 0 Å². The molecule has 22 heavy (non-hydrogen) atoms. The molecular weight excluding hydrogens is 297 g/mol. The molecule has 1 aromatic rings. The van der Waals surface area contributed by atoms with Gasteiger partial charge in [-0.15, -0.1) is 0 Å². The molecule has 1 aromatic carbocycles. The van der Waals surface area contributed by atoms with Crippen LogP contribution in [0.1, 0.15) is 53.0 Å². The molecular formula is C17H25BFO2P. The van der Waals surface area contributed by atoms with Crippen molar-refractivity contribution in [1.29, 1.82) is 0 Å². The molecule has 1 saturated heterocycles. The zero-order chi connectivity index (χ0) is 16.4. The summed E-state index contributed by atoms with van der Waals surface area (Å²) in [7, 11) is 2.00. The second-order valence-electron chi connectivity index (χ2n) is 7.87. The second-order valence-corrected chi connectivity index (χ2v) is 8.95. The van der Waals surface area contributed by atoms with Gasteiger partial charge >= 0.3 is 7.12 Å². The molecule has 5 heteroatoms. The number of hydrogen-bond acceptors (Lipinski definition) is 2. The molecule has 1 aliphatic carbocycles. The lowest BCUT2D eigenvalue weighted by atomic mass is 9.77. The van der Waals surface area contributed by atoms with Gasteiger partial charge < -0.3 is 9.31 Å². The molecule has 0 radical (unpaired) electrons. The fourth-order valence-electron chi connectivity index (χ4n) is 3.12. The number of benzene rings is 1. The summed E-state index contributed by atoms with van der Waals surface area (Å²) < 4.78 is 26.5. The van der Waals surface area contributed by atoms with E-state index in [0.717, 1.165) is 23.9 Å². The van der Waals surface area contributed by atoms with E-state index >= 15 is 0 Å². The van der Waals surface area contributed by atoms with Gasteiger partial charge in [-0.05, 0) is 58.5 Å². The Bertz CT molecular complexity index is 557. The summed E-state index contributed by atoms with van der Waals surface area (Å²) in [6.45, 7) is 9.83. The predicted molar refractivity (Wildman–Crippen MR) is 92.3 cm³/mol. The average Bonchev–Trinajstić information content (AvgIpc) is 3.14. The molecule has 2 atom stereocenters. The molecule has 2 nitrogen and oxygen atoms in total. The van der Waals surface area contributed by atoms with Gasteiger partial charge in [-0.25, -0.2) is 4.39 Å². The molecule has 0 amide bonds. The highest BCUT2D eigenvalue weighted by Crippen LogP contribution is 2.59. The van der Waals surface area contributed by atoms with Gasteiger partial charge in [-0.2, -0.15) is 0 Å². The van der Waals surface area contributed by atoms with E-state index in [1.807, 2.05) is 52.0 Å². The van der Waals surface area contributed by atoms with Crippen LogP contribution in [0, 0.1) is 0 Å². The minimum Gasteiger partial charge on any atom is -0.399 e. The lowest BCUT2D eigenvalue weighted by molar-refractivity contribution is 0.00578. The average molecular weight is 322 g/mol. The van der Waals surface area contributed by atoms with Crippen molar-refractivity contribution in [3.8, 4) is 0 Å². The van der Waals surface area contributed by atoms with Crippen molar-refractivity contribution in [3.63, 3.8) is 0 Å². The van der Waals surface area contributed by atoms with Gasteiger partial charge in [0, 0.05) is 5.41 Å². The van der Waals surface area contributed by atoms with Gasteiger partial charge in [0.25, 0.3) is 0 Å².